The number of urea groups is 1. The molecule has 7 nitrogen and oxygen atoms in total. The lowest BCUT2D eigenvalue weighted by molar-refractivity contribution is -0.137. The number of likely N-dealkylation sites (N-methyl/N-ethyl adjacent to an activating group) is 1. The Hall–Kier alpha value is -2.69. The highest BCUT2D eigenvalue weighted by Gasteiger charge is 2.44. The number of halogens is 6. The van der Waals surface area contributed by atoms with Crippen LogP contribution in [0.4, 0.5) is 35.0 Å². The van der Waals surface area contributed by atoms with Crippen LogP contribution in [-0.4, -0.2) is 52.8 Å². The lowest BCUT2D eigenvalue weighted by atomic mass is 10.1. The molecule has 198 valence electrons. The van der Waals surface area contributed by atoms with Gasteiger partial charge in [0.25, 0.3) is 5.91 Å². The van der Waals surface area contributed by atoms with Gasteiger partial charge in [-0.3, -0.25) is 9.69 Å². The second kappa shape index (κ2) is 10.6. The van der Waals surface area contributed by atoms with Gasteiger partial charge in [-0.15, -0.1) is 0 Å². The number of nitrogens with zero attached hydrogens (tertiary/aromatic N) is 4. The zero-order chi connectivity index (χ0) is 27.0. The van der Waals surface area contributed by atoms with Crippen LogP contribution in [0.1, 0.15) is 24.8 Å². The van der Waals surface area contributed by atoms with Gasteiger partial charge in [0.05, 0.1) is 22.6 Å². The van der Waals surface area contributed by atoms with E-state index in [9.17, 15) is 22.8 Å². The van der Waals surface area contributed by atoms with Gasteiger partial charge < -0.3 is 10.2 Å². The van der Waals surface area contributed by atoms with Gasteiger partial charge in [-0.2, -0.15) is 13.2 Å². The van der Waals surface area contributed by atoms with Crippen LogP contribution in [-0.2, 0) is 11.0 Å². The number of benzene rings is 2. The number of aliphatic imine (C=N–C) groups is 1. The number of amidine groups is 1. The maximum absolute atomic E-state index is 13.3. The molecule has 0 aliphatic carbocycles. The molecule has 0 aromatic heterocycles. The molecule has 4 rings (SSSR count). The second-order valence-electron chi connectivity index (χ2n) is 8.64. The van der Waals surface area contributed by atoms with Crippen LogP contribution in [0.15, 0.2) is 53.5 Å². The van der Waals surface area contributed by atoms with Crippen molar-refractivity contribution in [2.45, 2.75) is 35.4 Å². The molecule has 0 spiro atoms. The Balaban J connectivity index is 1.75. The first-order chi connectivity index (χ1) is 17.4. The average Bonchev–Trinajstić information content (AvgIpc) is 3.07. The molecule has 1 atom stereocenters. The van der Waals surface area contributed by atoms with Gasteiger partial charge in [-0.05, 0) is 49.6 Å². The summed E-state index contributed by atoms with van der Waals surface area (Å²) >= 11 is 18.7. The van der Waals surface area contributed by atoms with Gasteiger partial charge in [0.2, 0.25) is 9.63 Å². The first-order valence-electron chi connectivity index (χ1n) is 11.4. The maximum atomic E-state index is 13.3. The topological polar surface area (TPSA) is 68.2 Å². The molecule has 2 heterocycles. The van der Waals surface area contributed by atoms with Crippen LogP contribution in [0.25, 0.3) is 0 Å². The number of rotatable bonds is 5. The number of nitrogens with one attached hydrogen (secondary N) is 1. The molecule has 0 radical (unpaired) electrons. The van der Waals surface area contributed by atoms with Crippen molar-refractivity contribution >= 4 is 69.6 Å². The summed E-state index contributed by atoms with van der Waals surface area (Å²) in [4.78, 5) is 33.8. The fourth-order valence-electron chi connectivity index (χ4n) is 4.20. The van der Waals surface area contributed by atoms with E-state index >= 15 is 0 Å². The summed E-state index contributed by atoms with van der Waals surface area (Å²) in [5.41, 5.74) is 0.238. The molecular formula is C24H23Cl3F3N5O2. The number of piperidine rings is 1. The molecule has 2 fully saturated rings. The Bertz CT molecular complexity index is 1210. The number of para-hydroxylation sites is 2. The molecule has 13 heteroatoms. The molecule has 3 amide bonds. The number of imide groups is 1. The minimum atomic E-state index is -4.66. The number of hydrogen-bond acceptors (Lipinski definition) is 5. The summed E-state index contributed by atoms with van der Waals surface area (Å²) in [6.07, 6.45) is -2.84. The van der Waals surface area contributed by atoms with Gasteiger partial charge in [0.15, 0.2) is 6.17 Å². The van der Waals surface area contributed by atoms with Gasteiger partial charge in [-0.1, -0.05) is 53.0 Å². The third-order valence-electron chi connectivity index (χ3n) is 6.07. The monoisotopic (exact) mass is 575 g/mol. The molecule has 2 aromatic carbocycles. The Morgan fingerprint density at radius 2 is 1.65 bits per heavy atom. The molecule has 2 aliphatic heterocycles. The summed E-state index contributed by atoms with van der Waals surface area (Å²) in [6.45, 7) is 1.68. The number of amides is 3. The van der Waals surface area contributed by atoms with Crippen molar-refractivity contribution < 1.29 is 22.8 Å². The molecular weight excluding hydrogens is 554 g/mol. The average molecular weight is 577 g/mol. The third kappa shape index (κ3) is 5.91. The van der Waals surface area contributed by atoms with E-state index in [4.69, 9.17) is 34.8 Å². The Labute approximate surface area is 226 Å². The number of carbonyl (C=O) groups excluding carboxylic acids is 2. The Morgan fingerprint density at radius 3 is 2.30 bits per heavy atom. The highest BCUT2D eigenvalue weighted by Crippen LogP contribution is 2.38. The molecule has 1 N–H and O–H groups in total. The van der Waals surface area contributed by atoms with E-state index in [1.165, 1.54) is 13.1 Å². The summed E-state index contributed by atoms with van der Waals surface area (Å²) in [5, 5.41) is 3.06. The van der Waals surface area contributed by atoms with Crippen molar-refractivity contribution in [3.8, 4) is 0 Å². The highest BCUT2D eigenvalue weighted by atomic mass is 35.6. The van der Waals surface area contributed by atoms with Crippen molar-refractivity contribution in [2.75, 3.05) is 35.3 Å². The van der Waals surface area contributed by atoms with E-state index in [1.54, 1.807) is 12.1 Å². The van der Waals surface area contributed by atoms with Crippen LogP contribution in [0, 0.1) is 0 Å². The zero-order valence-corrected chi connectivity index (χ0v) is 21.9. The summed E-state index contributed by atoms with van der Waals surface area (Å²) in [5.74, 6) is -1.33. The lowest BCUT2D eigenvalue weighted by Gasteiger charge is -2.32. The molecule has 1 unspecified atom stereocenters. The summed E-state index contributed by atoms with van der Waals surface area (Å²) in [6, 6.07) is 10.4. The lowest BCUT2D eigenvalue weighted by Crippen LogP contribution is -2.38. The van der Waals surface area contributed by atoms with Crippen molar-refractivity contribution in [2.24, 2.45) is 4.99 Å². The minimum absolute atomic E-state index is 0.201. The van der Waals surface area contributed by atoms with Crippen LogP contribution in [0.5, 0.6) is 0 Å². The number of alkyl halides is 6. The Kier molecular flexibility index (Phi) is 7.83. The molecule has 0 bridgehead atoms. The van der Waals surface area contributed by atoms with E-state index in [2.05, 4.69) is 15.2 Å². The molecule has 2 aromatic rings. The van der Waals surface area contributed by atoms with Crippen LogP contribution in [0.2, 0.25) is 0 Å². The minimum Gasteiger partial charge on any atom is -0.370 e. The quantitative estimate of drug-likeness (QED) is 0.335. The Morgan fingerprint density at radius 1 is 0.973 bits per heavy atom. The fourth-order valence-corrected chi connectivity index (χ4v) is 4.51. The number of hydrogen-bond donors (Lipinski definition) is 1. The molecule has 37 heavy (non-hydrogen) atoms. The van der Waals surface area contributed by atoms with Crippen LogP contribution < -0.4 is 15.1 Å². The van der Waals surface area contributed by atoms with Gasteiger partial charge in [0.1, 0.15) is 0 Å². The van der Waals surface area contributed by atoms with Crippen molar-refractivity contribution in [3.63, 3.8) is 0 Å². The van der Waals surface area contributed by atoms with Crippen LogP contribution >= 0.6 is 34.8 Å². The predicted octanol–water partition coefficient (Wildman–Crippen LogP) is 6.30. The second-order valence-corrected chi connectivity index (χ2v) is 11.0. The van der Waals surface area contributed by atoms with E-state index in [0.717, 1.165) is 66.0 Å². The largest absolute Gasteiger partial charge is 0.416 e. The first kappa shape index (κ1) is 27.3. The third-order valence-corrected chi connectivity index (χ3v) is 6.69. The standard InChI is InChI=1S/C24H23Cl3F3N5O2/c1-33-20(36)19(35(22(33)37)16-9-7-8-15(14-16)24(28,29)30)32-21(23(25,26)27)31-17-10-3-4-11-18(17)34-12-5-2-6-13-34/h3-4,7-11,14,21,31H,2,5-6,12-13H2,1H3. The van der Waals surface area contributed by atoms with Gasteiger partial charge in [0, 0.05) is 20.1 Å². The highest BCUT2D eigenvalue weighted by molar-refractivity contribution is 6.68. The number of anilines is 3. The fraction of sp³-hybridized carbons (Fsp3) is 0.375. The van der Waals surface area contributed by atoms with E-state index in [1.807, 2.05) is 12.1 Å². The van der Waals surface area contributed by atoms with Gasteiger partial charge >= 0.3 is 12.2 Å². The first-order valence-corrected chi connectivity index (χ1v) is 12.6. The van der Waals surface area contributed by atoms with Crippen molar-refractivity contribution in [1.82, 2.24) is 4.90 Å². The van der Waals surface area contributed by atoms with E-state index in [-0.39, 0.29) is 5.69 Å². The van der Waals surface area contributed by atoms with Gasteiger partial charge in [-0.25, -0.2) is 14.7 Å². The van der Waals surface area contributed by atoms with Crippen molar-refractivity contribution in [3.05, 3.63) is 54.1 Å². The molecule has 2 saturated heterocycles. The van der Waals surface area contributed by atoms with E-state index < -0.39 is 39.5 Å². The van der Waals surface area contributed by atoms with Crippen LogP contribution in [0.3, 0.4) is 0 Å². The maximum Gasteiger partial charge on any atom is 0.416 e. The molecule has 2 aliphatic rings. The SMILES string of the molecule is CN1C(=O)C(=NC(Nc2ccccc2N2CCCCC2)C(Cl)(Cl)Cl)N(c2cccc(C(F)(F)F)c2)C1=O. The number of carbonyl (C=O) groups is 2. The predicted molar refractivity (Wildman–Crippen MR) is 140 cm³/mol. The zero-order valence-electron chi connectivity index (χ0n) is 19.6. The normalized spacial score (nSPS) is 19.1. The van der Waals surface area contributed by atoms with Crippen molar-refractivity contribution in [1.29, 1.82) is 0 Å². The van der Waals surface area contributed by atoms with E-state index in [0.29, 0.717) is 5.69 Å². The summed E-state index contributed by atoms with van der Waals surface area (Å²) < 4.78 is 37.9. The smallest absolute Gasteiger partial charge is 0.370 e. The summed E-state index contributed by atoms with van der Waals surface area (Å²) in [7, 11) is 1.19. The molecule has 0 saturated carbocycles.